The van der Waals surface area contributed by atoms with Crippen molar-refractivity contribution in [2.24, 2.45) is 0 Å². The molecule has 2 aromatic rings. The minimum atomic E-state index is -0.872. The number of hydrogen-bond acceptors (Lipinski definition) is 6. The zero-order valence-corrected chi connectivity index (χ0v) is 18.3. The molecule has 0 N–H and O–H groups in total. The normalized spacial score (nSPS) is 18.4. The van der Waals surface area contributed by atoms with Crippen molar-refractivity contribution in [3.8, 4) is 0 Å². The number of nitrogens with zero attached hydrogens (tertiary/aromatic N) is 4. The lowest BCUT2D eigenvalue weighted by molar-refractivity contribution is -0.142. The van der Waals surface area contributed by atoms with Crippen LogP contribution in [0.3, 0.4) is 0 Å². The van der Waals surface area contributed by atoms with Crippen LogP contribution in [0.4, 0.5) is 4.79 Å². The molecule has 2 aliphatic heterocycles. The maximum atomic E-state index is 13.7. The summed E-state index contributed by atoms with van der Waals surface area (Å²) in [6.45, 7) is 2.41. The first-order valence-corrected chi connectivity index (χ1v) is 10.9. The van der Waals surface area contributed by atoms with Gasteiger partial charge in [-0.05, 0) is 30.5 Å². The standard InChI is InChI=1S/C24H28N4O4/c1-32-21(29)10-14-26-15-11-24(12-16-26)22(30)27(18-20-9-5-6-13-25-20)23(31)28(24)17-19-7-3-2-4-8-19/h2-9,13H,10-12,14-18H2,1H3. The number of hydrogen-bond donors (Lipinski definition) is 0. The fraction of sp³-hybridized carbons (Fsp3) is 0.417. The molecule has 1 aromatic carbocycles. The van der Waals surface area contributed by atoms with Gasteiger partial charge in [0.15, 0.2) is 0 Å². The second kappa shape index (κ2) is 9.48. The van der Waals surface area contributed by atoms with Gasteiger partial charge in [-0.15, -0.1) is 0 Å². The van der Waals surface area contributed by atoms with E-state index in [1.54, 1.807) is 11.1 Å². The van der Waals surface area contributed by atoms with E-state index >= 15 is 0 Å². The highest BCUT2D eigenvalue weighted by Gasteiger charge is 2.57. The van der Waals surface area contributed by atoms with Crippen molar-refractivity contribution in [2.75, 3.05) is 26.7 Å². The molecular formula is C24H28N4O4. The Morgan fingerprint density at radius 2 is 1.75 bits per heavy atom. The van der Waals surface area contributed by atoms with E-state index in [1.807, 2.05) is 48.5 Å². The van der Waals surface area contributed by atoms with Gasteiger partial charge in [0.1, 0.15) is 5.54 Å². The molecular weight excluding hydrogens is 408 g/mol. The van der Waals surface area contributed by atoms with E-state index in [4.69, 9.17) is 4.74 Å². The van der Waals surface area contributed by atoms with Gasteiger partial charge in [-0.3, -0.25) is 19.5 Å². The fourth-order valence-corrected chi connectivity index (χ4v) is 4.54. The van der Waals surface area contributed by atoms with Gasteiger partial charge in [0, 0.05) is 32.4 Å². The number of rotatable bonds is 7. The molecule has 2 aliphatic rings. The van der Waals surface area contributed by atoms with Crippen molar-refractivity contribution in [3.63, 3.8) is 0 Å². The highest BCUT2D eigenvalue weighted by atomic mass is 16.5. The van der Waals surface area contributed by atoms with Crippen LogP contribution >= 0.6 is 0 Å². The first kappa shape index (κ1) is 22.0. The van der Waals surface area contributed by atoms with Gasteiger partial charge in [0.05, 0.1) is 25.8 Å². The van der Waals surface area contributed by atoms with Crippen molar-refractivity contribution in [2.45, 2.75) is 37.9 Å². The second-order valence-electron chi connectivity index (χ2n) is 8.27. The van der Waals surface area contributed by atoms with Crippen LogP contribution in [0.15, 0.2) is 54.7 Å². The lowest BCUT2D eigenvalue weighted by Gasteiger charge is -2.42. The third-order valence-corrected chi connectivity index (χ3v) is 6.39. The summed E-state index contributed by atoms with van der Waals surface area (Å²) in [5.74, 6) is -0.402. The number of methoxy groups -OCH3 is 1. The average molecular weight is 437 g/mol. The maximum Gasteiger partial charge on any atom is 0.328 e. The quantitative estimate of drug-likeness (QED) is 0.490. The molecule has 1 aromatic heterocycles. The number of urea groups is 1. The zero-order chi connectivity index (χ0) is 22.6. The van der Waals surface area contributed by atoms with Crippen molar-refractivity contribution in [1.29, 1.82) is 0 Å². The lowest BCUT2D eigenvalue weighted by atomic mass is 9.85. The van der Waals surface area contributed by atoms with Gasteiger partial charge < -0.3 is 14.5 Å². The Morgan fingerprint density at radius 3 is 2.41 bits per heavy atom. The highest BCUT2D eigenvalue weighted by molar-refractivity contribution is 6.07. The smallest absolute Gasteiger partial charge is 0.328 e. The summed E-state index contributed by atoms with van der Waals surface area (Å²) < 4.78 is 4.73. The Balaban J connectivity index is 1.55. The maximum absolute atomic E-state index is 13.7. The van der Waals surface area contributed by atoms with Crippen LogP contribution in [0.5, 0.6) is 0 Å². The SMILES string of the molecule is COC(=O)CCN1CCC2(CC1)C(=O)N(Cc1ccccn1)C(=O)N2Cc1ccccc1. The molecule has 1 spiro atoms. The molecule has 2 fully saturated rings. The van der Waals surface area contributed by atoms with Crippen molar-refractivity contribution >= 4 is 17.9 Å². The van der Waals surface area contributed by atoms with E-state index in [0.717, 1.165) is 5.56 Å². The number of amides is 3. The highest BCUT2D eigenvalue weighted by Crippen LogP contribution is 2.39. The molecule has 3 heterocycles. The Morgan fingerprint density at radius 1 is 1.03 bits per heavy atom. The number of imide groups is 1. The third-order valence-electron chi connectivity index (χ3n) is 6.39. The topological polar surface area (TPSA) is 83.0 Å². The van der Waals surface area contributed by atoms with Crippen LogP contribution in [-0.2, 0) is 27.4 Å². The summed E-state index contributed by atoms with van der Waals surface area (Å²) >= 11 is 0. The monoisotopic (exact) mass is 436 g/mol. The van der Waals surface area contributed by atoms with Crippen LogP contribution < -0.4 is 0 Å². The number of piperidine rings is 1. The number of carbonyl (C=O) groups excluding carboxylic acids is 3. The van der Waals surface area contributed by atoms with Gasteiger partial charge in [0.25, 0.3) is 5.91 Å². The Labute approximate surface area is 187 Å². The summed E-state index contributed by atoms with van der Waals surface area (Å²) in [5, 5.41) is 0. The van der Waals surface area contributed by atoms with E-state index in [2.05, 4.69) is 9.88 Å². The first-order valence-electron chi connectivity index (χ1n) is 10.9. The number of pyridine rings is 1. The molecule has 32 heavy (non-hydrogen) atoms. The van der Waals surface area contributed by atoms with E-state index in [-0.39, 0.29) is 24.5 Å². The van der Waals surface area contributed by atoms with E-state index in [1.165, 1.54) is 12.0 Å². The van der Waals surface area contributed by atoms with Gasteiger partial charge in [-0.25, -0.2) is 4.79 Å². The minimum absolute atomic E-state index is 0.156. The molecule has 0 bridgehead atoms. The van der Waals surface area contributed by atoms with E-state index in [9.17, 15) is 14.4 Å². The molecule has 0 aliphatic carbocycles. The van der Waals surface area contributed by atoms with E-state index in [0.29, 0.717) is 51.1 Å². The number of ether oxygens (including phenoxy) is 1. The van der Waals surface area contributed by atoms with Gasteiger partial charge in [-0.2, -0.15) is 0 Å². The van der Waals surface area contributed by atoms with Crippen molar-refractivity contribution in [3.05, 3.63) is 66.0 Å². The summed E-state index contributed by atoms with van der Waals surface area (Å²) in [6, 6.07) is 15.0. The van der Waals surface area contributed by atoms with Gasteiger partial charge in [0.2, 0.25) is 0 Å². The van der Waals surface area contributed by atoms with Crippen molar-refractivity contribution < 1.29 is 19.1 Å². The number of carbonyl (C=O) groups is 3. The summed E-state index contributed by atoms with van der Waals surface area (Å²) in [7, 11) is 1.38. The van der Waals surface area contributed by atoms with Crippen LogP contribution in [0.25, 0.3) is 0 Å². The molecule has 8 heteroatoms. The lowest BCUT2D eigenvalue weighted by Crippen LogP contribution is -2.56. The molecule has 0 radical (unpaired) electrons. The minimum Gasteiger partial charge on any atom is -0.469 e. The first-order chi connectivity index (χ1) is 15.5. The Kier molecular flexibility index (Phi) is 6.50. The van der Waals surface area contributed by atoms with Gasteiger partial charge in [-0.1, -0.05) is 36.4 Å². The molecule has 168 valence electrons. The molecule has 0 atom stereocenters. The zero-order valence-electron chi connectivity index (χ0n) is 18.3. The fourth-order valence-electron chi connectivity index (χ4n) is 4.54. The Hall–Kier alpha value is -3.26. The summed E-state index contributed by atoms with van der Waals surface area (Å²) in [6.07, 6.45) is 3.04. The van der Waals surface area contributed by atoms with Crippen LogP contribution in [0.1, 0.15) is 30.5 Å². The molecule has 0 saturated carbocycles. The number of aromatic nitrogens is 1. The molecule has 0 unspecified atom stereocenters. The molecule has 4 rings (SSSR count). The number of benzene rings is 1. The van der Waals surface area contributed by atoms with Crippen molar-refractivity contribution in [1.82, 2.24) is 19.7 Å². The second-order valence-corrected chi connectivity index (χ2v) is 8.27. The predicted octanol–water partition coefficient (Wildman–Crippen LogP) is 2.44. The summed E-state index contributed by atoms with van der Waals surface area (Å²) in [5.41, 5.74) is 0.797. The predicted molar refractivity (Wildman–Crippen MR) is 117 cm³/mol. The van der Waals surface area contributed by atoms with Crippen LogP contribution in [-0.4, -0.2) is 69.9 Å². The summed E-state index contributed by atoms with van der Waals surface area (Å²) in [4.78, 5) is 48.2. The van der Waals surface area contributed by atoms with E-state index < -0.39 is 5.54 Å². The van der Waals surface area contributed by atoms with Gasteiger partial charge >= 0.3 is 12.0 Å². The number of esters is 1. The number of likely N-dealkylation sites (tertiary alicyclic amines) is 1. The van der Waals surface area contributed by atoms with Crippen LogP contribution in [0, 0.1) is 0 Å². The molecule has 3 amide bonds. The molecule has 8 nitrogen and oxygen atoms in total. The Bertz CT molecular complexity index is 958. The molecule has 2 saturated heterocycles. The largest absolute Gasteiger partial charge is 0.469 e. The van der Waals surface area contributed by atoms with Crippen LogP contribution in [0.2, 0.25) is 0 Å². The average Bonchev–Trinajstić information content (AvgIpc) is 3.01. The third kappa shape index (κ3) is 4.36.